The summed E-state index contributed by atoms with van der Waals surface area (Å²) in [5.41, 5.74) is -0.756. The standard InChI is InChI=1S/C31H64O5S.H3N/c1-4-7-10-13-16-19-22-25-28-31(35-37(33,34)36-32,29-26-23-20-17-14-11-8-5-2)30-27-24-21-18-15-12-9-6-3;/h32H,4-30H2,1-3H3;1H3. The van der Waals surface area contributed by atoms with Gasteiger partial charge in [0.25, 0.3) is 0 Å². The first kappa shape index (κ1) is 39.9. The summed E-state index contributed by atoms with van der Waals surface area (Å²) in [4.78, 5) is 0. The van der Waals surface area contributed by atoms with Crippen molar-refractivity contribution in [3.05, 3.63) is 0 Å². The van der Waals surface area contributed by atoms with Crippen LogP contribution in [0.25, 0.3) is 0 Å². The summed E-state index contributed by atoms with van der Waals surface area (Å²) in [5, 5.41) is 8.98. The van der Waals surface area contributed by atoms with E-state index in [1.807, 2.05) is 0 Å². The van der Waals surface area contributed by atoms with Gasteiger partial charge in [0.2, 0.25) is 0 Å². The molecule has 0 spiro atoms. The molecule has 0 aliphatic heterocycles. The van der Waals surface area contributed by atoms with E-state index in [9.17, 15) is 8.42 Å². The Hall–Kier alpha value is -0.210. The largest absolute Gasteiger partial charge is 0.426 e. The highest BCUT2D eigenvalue weighted by Gasteiger charge is 2.36. The van der Waals surface area contributed by atoms with Crippen LogP contribution in [-0.4, -0.2) is 19.3 Å². The zero-order valence-electron chi connectivity index (χ0n) is 25.8. The number of hydrogen-bond donors (Lipinski definition) is 2. The SMILES string of the molecule is CCCCCCCCCCC(CCCCCCCCCC)(CCCCCCCCCC)OS(=O)(=O)OO.N. The first-order valence-corrected chi connectivity index (χ1v) is 17.6. The van der Waals surface area contributed by atoms with E-state index in [0.29, 0.717) is 0 Å². The lowest BCUT2D eigenvalue weighted by molar-refractivity contribution is -0.152. The summed E-state index contributed by atoms with van der Waals surface area (Å²) in [6.45, 7) is 6.72. The monoisotopic (exact) mass is 565 g/mol. The first-order chi connectivity index (χ1) is 17.9. The number of hydrogen-bond acceptors (Lipinski definition) is 6. The molecule has 0 atom stereocenters. The van der Waals surface area contributed by atoms with Crippen LogP contribution in [-0.2, 0) is 18.9 Å². The highest BCUT2D eigenvalue weighted by molar-refractivity contribution is 7.81. The van der Waals surface area contributed by atoms with Gasteiger partial charge >= 0.3 is 10.4 Å². The van der Waals surface area contributed by atoms with Crippen molar-refractivity contribution in [3.8, 4) is 0 Å². The predicted octanol–water partition coefficient (Wildman–Crippen LogP) is 11.2. The van der Waals surface area contributed by atoms with Crippen LogP contribution >= 0.6 is 0 Å². The lowest BCUT2D eigenvalue weighted by Crippen LogP contribution is -2.36. The summed E-state index contributed by atoms with van der Waals surface area (Å²) >= 11 is 0. The predicted molar refractivity (Wildman–Crippen MR) is 163 cm³/mol. The van der Waals surface area contributed by atoms with E-state index in [0.717, 1.165) is 57.8 Å². The van der Waals surface area contributed by atoms with Gasteiger partial charge in [-0.05, 0) is 19.3 Å². The van der Waals surface area contributed by atoms with E-state index in [1.54, 1.807) is 0 Å². The van der Waals surface area contributed by atoms with Crippen LogP contribution < -0.4 is 6.15 Å². The van der Waals surface area contributed by atoms with Crippen molar-refractivity contribution in [2.24, 2.45) is 0 Å². The molecular weight excluding hydrogens is 498 g/mol. The highest BCUT2D eigenvalue weighted by atomic mass is 32.3. The van der Waals surface area contributed by atoms with Crippen LogP contribution in [0.1, 0.15) is 194 Å². The van der Waals surface area contributed by atoms with E-state index in [-0.39, 0.29) is 6.15 Å². The van der Waals surface area contributed by atoms with Crippen molar-refractivity contribution in [2.75, 3.05) is 0 Å². The van der Waals surface area contributed by atoms with E-state index in [2.05, 4.69) is 25.1 Å². The fourth-order valence-electron chi connectivity index (χ4n) is 5.47. The molecule has 0 fully saturated rings. The van der Waals surface area contributed by atoms with Gasteiger partial charge < -0.3 is 6.15 Å². The smallest absolute Gasteiger partial charge is 0.344 e. The maximum atomic E-state index is 12.2. The van der Waals surface area contributed by atoms with Crippen LogP contribution in [0.4, 0.5) is 0 Å². The van der Waals surface area contributed by atoms with E-state index in [4.69, 9.17) is 9.44 Å². The number of rotatable bonds is 30. The van der Waals surface area contributed by atoms with Gasteiger partial charge in [0.15, 0.2) is 0 Å². The van der Waals surface area contributed by atoms with Gasteiger partial charge in [-0.15, -0.1) is 0 Å². The van der Waals surface area contributed by atoms with E-state index in [1.165, 1.54) is 116 Å². The Morgan fingerprint density at radius 2 is 0.711 bits per heavy atom. The molecule has 6 nitrogen and oxygen atoms in total. The lowest BCUT2D eigenvalue weighted by Gasteiger charge is -2.33. The molecule has 0 rings (SSSR count). The molecule has 0 aliphatic carbocycles. The average molecular weight is 566 g/mol. The maximum absolute atomic E-state index is 12.2. The highest BCUT2D eigenvalue weighted by Crippen LogP contribution is 2.35. The summed E-state index contributed by atoms with van der Waals surface area (Å²) in [6.07, 6.45) is 31.2. The summed E-state index contributed by atoms with van der Waals surface area (Å²) < 4.78 is 33.9. The van der Waals surface area contributed by atoms with Crippen molar-refractivity contribution >= 4 is 10.4 Å². The van der Waals surface area contributed by atoms with Gasteiger partial charge in [0, 0.05) is 0 Å². The quantitative estimate of drug-likeness (QED) is 0.0509. The first-order valence-electron chi connectivity index (χ1n) is 16.2. The van der Waals surface area contributed by atoms with E-state index < -0.39 is 16.0 Å². The summed E-state index contributed by atoms with van der Waals surface area (Å²) in [6, 6.07) is 0. The van der Waals surface area contributed by atoms with Gasteiger partial charge in [-0.1, -0.05) is 179 Å². The minimum atomic E-state index is -4.39. The molecule has 0 saturated carbocycles. The molecule has 0 unspecified atom stereocenters. The van der Waals surface area contributed by atoms with Crippen molar-refractivity contribution < 1.29 is 22.2 Å². The summed E-state index contributed by atoms with van der Waals surface area (Å²) in [5.74, 6) is 0. The third-order valence-corrected chi connectivity index (χ3v) is 8.57. The molecule has 7 heteroatoms. The Morgan fingerprint density at radius 3 is 0.947 bits per heavy atom. The molecule has 0 heterocycles. The van der Waals surface area contributed by atoms with Crippen LogP contribution in [0.3, 0.4) is 0 Å². The Bertz CT molecular complexity index is 520. The molecule has 0 aromatic carbocycles. The minimum Gasteiger partial charge on any atom is -0.344 e. The second-order valence-corrected chi connectivity index (χ2v) is 12.6. The number of unbranched alkanes of at least 4 members (excludes halogenated alkanes) is 21. The van der Waals surface area contributed by atoms with Crippen molar-refractivity contribution in [1.82, 2.24) is 6.15 Å². The molecule has 0 aromatic rings. The Labute approximate surface area is 238 Å². The van der Waals surface area contributed by atoms with Gasteiger partial charge in [-0.25, -0.2) is 9.44 Å². The van der Waals surface area contributed by atoms with Gasteiger partial charge in [-0.2, -0.15) is 8.42 Å². The van der Waals surface area contributed by atoms with Crippen molar-refractivity contribution in [2.45, 2.75) is 200 Å². The van der Waals surface area contributed by atoms with Crippen molar-refractivity contribution in [1.29, 1.82) is 0 Å². The van der Waals surface area contributed by atoms with Gasteiger partial charge in [0.05, 0.1) is 5.60 Å². The third-order valence-electron chi connectivity index (χ3n) is 7.83. The molecule has 4 N–H and O–H groups in total. The van der Waals surface area contributed by atoms with Gasteiger partial charge in [-0.3, -0.25) is 0 Å². The van der Waals surface area contributed by atoms with Crippen LogP contribution in [0.15, 0.2) is 0 Å². The molecule has 0 aromatic heterocycles. The molecule has 0 radical (unpaired) electrons. The Balaban J connectivity index is 0. The zero-order chi connectivity index (χ0) is 27.5. The third kappa shape index (κ3) is 24.8. The fourth-order valence-corrected chi connectivity index (χ4v) is 6.19. The van der Waals surface area contributed by atoms with Crippen LogP contribution in [0.2, 0.25) is 0 Å². The molecule has 0 bridgehead atoms. The molecule has 0 aliphatic rings. The molecule has 232 valence electrons. The molecular formula is C31H67NO5S. The second kappa shape index (κ2) is 28.3. The maximum Gasteiger partial charge on any atom is 0.426 e. The van der Waals surface area contributed by atoms with Crippen LogP contribution in [0.5, 0.6) is 0 Å². The zero-order valence-corrected chi connectivity index (χ0v) is 26.6. The molecule has 38 heavy (non-hydrogen) atoms. The lowest BCUT2D eigenvalue weighted by atomic mass is 9.85. The Kier molecular flexibility index (Phi) is 29.8. The molecule has 0 amide bonds. The summed E-state index contributed by atoms with van der Waals surface area (Å²) in [7, 11) is -4.39. The van der Waals surface area contributed by atoms with Crippen LogP contribution in [0, 0.1) is 0 Å². The minimum absolute atomic E-state index is 0. The van der Waals surface area contributed by atoms with E-state index >= 15 is 0 Å². The second-order valence-electron chi connectivity index (χ2n) is 11.4. The fraction of sp³-hybridized carbons (Fsp3) is 1.00. The Morgan fingerprint density at radius 1 is 0.474 bits per heavy atom. The average Bonchev–Trinajstić information content (AvgIpc) is 2.88. The molecule has 0 saturated heterocycles. The topological polar surface area (TPSA) is 108 Å². The van der Waals surface area contributed by atoms with Gasteiger partial charge in [0.1, 0.15) is 0 Å². The normalized spacial score (nSPS) is 12.1. The van der Waals surface area contributed by atoms with Crippen molar-refractivity contribution in [3.63, 3.8) is 0 Å².